The third-order valence-corrected chi connectivity index (χ3v) is 3.12. The van der Waals surface area contributed by atoms with Crippen LogP contribution in [0.15, 0.2) is 24.3 Å². The van der Waals surface area contributed by atoms with E-state index in [9.17, 15) is 24.2 Å². The Kier molecular flexibility index (Phi) is 3.80. The van der Waals surface area contributed by atoms with Crippen molar-refractivity contribution in [3.05, 3.63) is 35.6 Å². The van der Waals surface area contributed by atoms with Crippen molar-refractivity contribution in [2.75, 3.05) is 6.54 Å². The average Bonchev–Trinajstić information content (AvgIpc) is 2.65. The molecule has 0 radical (unpaired) electrons. The number of likely N-dealkylation sites (tertiary alicyclic amines) is 1. The van der Waals surface area contributed by atoms with E-state index < -0.39 is 29.8 Å². The van der Waals surface area contributed by atoms with Crippen molar-refractivity contribution in [2.45, 2.75) is 25.0 Å². The zero-order valence-corrected chi connectivity index (χ0v) is 10.1. The lowest BCUT2D eigenvalue weighted by atomic mass is 10.0. The highest BCUT2D eigenvalue weighted by atomic mass is 19.1. The first-order valence-electron chi connectivity index (χ1n) is 5.92. The van der Waals surface area contributed by atoms with E-state index in [1.165, 1.54) is 18.2 Å². The summed E-state index contributed by atoms with van der Waals surface area (Å²) in [5.74, 6) is -2.00. The Balaban J connectivity index is 2.17. The van der Waals surface area contributed by atoms with Crippen molar-refractivity contribution < 1.29 is 24.2 Å². The average molecular weight is 267 g/mol. The number of β-amino-alcohol motifs (C(OH)–C–C–N with tert-alkyl or cyclic N) is 1. The van der Waals surface area contributed by atoms with E-state index in [0.29, 0.717) is 5.56 Å². The van der Waals surface area contributed by atoms with E-state index in [1.54, 1.807) is 6.07 Å². The summed E-state index contributed by atoms with van der Waals surface area (Å²) >= 11 is 0. The molecule has 1 heterocycles. The van der Waals surface area contributed by atoms with Crippen molar-refractivity contribution in [3.8, 4) is 0 Å². The molecule has 0 saturated carbocycles. The predicted molar refractivity (Wildman–Crippen MR) is 63.9 cm³/mol. The molecular weight excluding hydrogens is 253 g/mol. The van der Waals surface area contributed by atoms with Gasteiger partial charge in [-0.15, -0.1) is 0 Å². The van der Waals surface area contributed by atoms with E-state index in [4.69, 9.17) is 0 Å². The van der Waals surface area contributed by atoms with Crippen LogP contribution in [0.4, 0.5) is 4.39 Å². The fraction of sp³-hybridized carbons (Fsp3) is 0.385. The number of hydrogen-bond acceptors (Lipinski definition) is 3. The molecule has 0 aliphatic carbocycles. The minimum Gasteiger partial charge on any atom is -0.480 e. The molecule has 1 saturated heterocycles. The Morgan fingerprint density at radius 1 is 1.53 bits per heavy atom. The topological polar surface area (TPSA) is 77.8 Å². The van der Waals surface area contributed by atoms with Crippen LogP contribution in [0, 0.1) is 5.82 Å². The van der Waals surface area contributed by atoms with Gasteiger partial charge in [0.15, 0.2) is 0 Å². The highest BCUT2D eigenvalue weighted by Crippen LogP contribution is 2.18. The Morgan fingerprint density at radius 2 is 2.26 bits per heavy atom. The lowest BCUT2D eigenvalue weighted by Gasteiger charge is -2.24. The molecule has 1 aliphatic rings. The lowest BCUT2D eigenvalue weighted by Crippen LogP contribution is -2.44. The van der Waals surface area contributed by atoms with Crippen molar-refractivity contribution in [1.82, 2.24) is 4.90 Å². The Labute approximate surface area is 109 Å². The third-order valence-electron chi connectivity index (χ3n) is 3.12. The van der Waals surface area contributed by atoms with E-state index in [2.05, 4.69) is 0 Å². The number of carboxylic acid groups (broad SMARTS) is 1. The van der Waals surface area contributed by atoms with Gasteiger partial charge >= 0.3 is 5.97 Å². The summed E-state index contributed by atoms with van der Waals surface area (Å²) in [6.07, 6.45) is -0.875. The van der Waals surface area contributed by atoms with Crippen molar-refractivity contribution in [1.29, 1.82) is 0 Å². The molecule has 6 heteroatoms. The maximum Gasteiger partial charge on any atom is 0.326 e. The molecule has 0 spiro atoms. The van der Waals surface area contributed by atoms with E-state index in [-0.39, 0.29) is 19.4 Å². The Morgan fingerprint density at radius 3 is 2.79 bits per heavy atom. The summed E-state index contributed by atoms with van der Waals surface area (Å²) < 4.78 is 13.1. The molecule has 2 rings (SSSR count). The van der Waals surface area contributed by atoms with E-state index in [1.807, 2.05) is 0 Å². The largest absolute Gasteiger partial charge is 0.480 e. The van der Waals surface area contributed by atoms with Crippen molar-refractivity contribution in [3.63, 3.8) is 0 Å². The first kappa shape index (κ1) is 13.5. The number of amides is 1. The molecule has 2 N–H and O–H groups in total. The number of aliphatic carboxylic acids is 1. The first-order chi connectivity index (χ1) is 8.97. The zero-order chi connectivity index (χ0) is 14.0. The van der Waals surface area contributed by atoms with Crippen LogP contribution in [0.3, 0.4) is 0 Å². The van der Waals surface area contributed by atoms with Gasteiger partial charge in [-0.2, -0.15) is 0 Å². The van der Waals surface area contributed by atoms with Gasteiger partial charge in [-0.25, -0.2) is 9.18 Å². The fourth-order valence-corrected chi connectivity index (χ4v) is 2.23. The SMILES string of the molecule is O=C(O)[C@H](Cc1cccc(F)c1)N1CC(O)CC1=O. The number of rotatable bonds is 4. The van der Waals surface area contributed by atoms with Crippen LogP contribution in [0.5, 0.6) is 0 Å². The minimum absolute atomic E-state index is 0.00508. The predicted octanol–water partition coefficient (Wildman–Crippen LogP) is 0.415. The summed E-state index contributed by atoms with van der Waals surface area (Å²) in [6.45, 7) is 0.00508. The highest BCUT2D eigenvalue weighted by Gasteiger charge is 2.36. The van der Waals surface area contributed by atoms with Gasteiger partial charge in [-0.05, 0) is 17.7 Å². The van der Waals surface area contributed by atoms with Crippen LogP contribution in [0.1, 0.15) is 12.0 Å². The molecule has 2 atom stereocenters. The molecule has 5 nitrogen and oxygen atoms in total. The Bertz CT molecular complexity index is 505. The number of hydrogen-bond donors (Lipinski definition) is 2. The maximum absolute atomic E-state index is 13.1. The van der Waals surface area contributed by atoms with Crippen LogP contribution in [-0.4, -0.2) is 45.7 Å². The number of nitrogens with zero attached hydrogens (tertiary/aromatic N) is 1. The van der Waals surface area contributed by atoms with Crippen LogP contribution in [0.25, 0.3) is 0 Å². The standard InChI is InChI=1S/C13H14FNO4/c14-9-3-1-2-8(4-9)5-11(13(18)19)15-7-10(16)6-12(15)17/h1-4,10-11,16H,5-7H2,(H,18,19)/t10?,11-/m0/s1. The van der Waals surface area contributed by atoms with Crippen LogP contribution in [-0.2, 0) is 16.0 Å². The lowest BCUT2D eigenvalue weighted by molar-refractivity contribution is -0.148. The summed E-state index contributed by atoms with van der Waals surface area (Å²) in [6, 6.07) is 4.53. The summed E-state index contributed by atoms with van der Waals surface area (Å²) in [5.41, 5.74) is 0.501. The number of carbonyl (C=O) groups excluding carboxylic acids is 1. The highest BCUT2D eigenvalue weighted by molar-refractivity contribution is 5.85. The summed E-state index contributed by atoms with van der Waals surface area (Å²) in [7, 11) is 0. The second kappa shape index (κ2) is 5.36. The molecule has 1 aliphatic heterocycles. The van der Waals surface area contributed by atoms with Gasteiger partial charge in [-0.1, -0.05) is 12.1 Å². The molecule has 102 valence electrons. The molecular formula is C13H14FNO4. The molecule has 1 aromatic carbocycles. The third kappa shape index (κ3) is 3.08. The molecule has 1 aromatic rings. The zero-order valence-electron chi connectivity index (χ0n) is 10.1. The van der Waals surface area contributed by atoms with Crippen molar-refractivity contribution >= 4 is 11.9 Å². The first-order valence-corrected chi connectivity index (χ1v) is 5.92. The van der Waals surface area contributed by atoms with E-state index >= 15 is 0 Å². The number of halogens is 1. The molecule has 0 aromatic heterocycles. The van der Waals surface area contributed by atoms with E-state index in [0.717, 1.165) is 4.90 Å². The van der Waals surface area contributed by atoms with Crippen LogP contribution >= 0.6 is 0 Å². The summed E-state index contributed by atoms with van der Waals surface area (Å²) in [4.78, 5) is 24.0. The number of aliphatic hydroxyl groups excluding tert-OH is 1. The maximum atomic E-state index is 13.1. The van der Waals surface area contributed by atoms with Gasteiger partial charge in [0.25, 0.3) is 0 Å². The normalized spacial score (nSPS) is 20.6. The van der Waals surface area contributed by atoms with Crippen LogP contribution < -0.4 is 0 Å². The van der Waals surface area contributed by atoms with Gasteiger partial charge in [0.1, 0.15) is 11.9 Å². The number of benzene rings is 1. The fourth-order valence-electron chi connectivity index (χ4n) is 2.23. The molecule has 1 amide bonds. The monoisotopic (exact) mass is 267 g/mol. The molecule has 1 unspecified atom stereocenters. The number of carbonyl (C=O) groups is 2. The van der Waals surface area contributed by atoms with Gasteiger partial charge < -0.3 is 15.1 Å². The Hall–Kier alpha value is -1.95. The second-order valence-corrected chi connectivity index (χ2v) is 4.59. The minimum atomic E-state index is -1.16. The van der Waals surface area contributed by atoms with Crippen LogP contribution in [0.2, 0.25) is 0 Å². The molecule has 19 heavy (non-hydrogen) atoms. The van der Waals surface area contributed by atoms with Crippen molar-refractivity contribution in [2.24, 2.45) is 0 Å². The van der Waals surface area contributed by atoms with Gasteiger partial charge in [0.2, 0.25) is 5.91 Å². The van der Waals surface area contributed by atoms with Gasteiger partial charge in [0, 0.05) is 13.0 Å². The van der Waals surface area contributed by atoms with Gasteiger partial charge in [-0.3, -0.25) is 4.79 Å². The molecule has 1 fully saturated rings. The quantitative estimate of drug-likeness (QED) is 0.828. The summed E-state index contributed by atoms with van der Waals surface area (Å²) in [5, 5.41) is 18.6. The second-order valence-electron chi connectivity index (χ2n) is 4.59. The number of carboxylic acids is 1. The molecule has 0 bridgehead atoms. The smallest absolute Gasteiger partial charge is 0.326 e. The number of aliphatic hydroxyl groups is 1. The van der Waals surface area contributed by atoms with Gasteiger partial charge in [0.05, 0.1) is 12.5 Å².